The summed E-state index contributed by atoms with van der Waals surface area (Å²) in [5.74, 6) is 0.160. The number of rotatable bonds is 5. The van der Waals surface area contributed by atoms with Crippen LogP contribution in [0.1, 0.15) is 16.7 Å². The fourth-order valence-electron chi connectivity index (χ4n) is 3.67. The molecule has 1 aliphatic rings. The standard InChI is InChI=1S/C22H26N4O2/c1-15-2-4-16(5-3-15)6-7-17-12-18(21(28)13-20(17)27)22-19(14-24-25-22)26-10-8-23-9-11-26/h2-5,12-14,23,27-28H,6-11H2,1H3,(H,24,25). The van der Waals surface area contributed by atoms with Crippen LogP contribution in [-0.2, 0) is 12.8 Å². The van der Waals surface area contributed by atoms with Crippen molar-refractivity contribution in [2.75, 3.05) is 31.1 Å². The Bertz CT molecular complexity index is 944. The summed E-state index contributed by atoms with van der Waals surface area (Å²) >= 11 is 0. The number of H-pyrrole nitrogens is 1. The Hall–Kier alpha value is -2.99. The molecule has 0 atom stereocenters. The van der Waals surface area contributed by atoms with Gasteiger partial charge >= 0.3 is 0 Å². The van der Waals surface area contributed by atoms with Crippen molar-refractivity contribution < 1.29 is 10.2 Å². The Balaban J connectivity index is 1.61. The van der Waals surface area contributed by atoms with E-state index in [2.05, 4.69) is 51.6 Å². The van der Waals surface area contributed by atoms with E-state index in [9.17, 15) is 10.2 Å². The number of hydrogen-bond donors (Lipinski definition) is 4. The molecule has 4 rings (SSSR count). The van der Waals surface area contributed by atoms with E-state index in [4.69, 9.17) is 0 Å². The zero-order valence-electron chi connectivity index (χ0n) is 16.1. The molecule has 1 aromatic heterocycles. The average molecular weight is 378 g/mol. The van der Waals surface area contributed by atoms with Crippen molar-refractivity contribution in [3.63, 3.8) is 0 Å². The Morgan fingerprint density at radius 1 is 1.00 bits per heavy atom. The Morgan fingerprint density at radius 3 is 2.50 bits per heavy atom. The summed E-state index contributed by atoms with van der Waals surface area (Å²) in [7, 11) is 0. The number of nitrogens with zero attached hydrogens (tertiary/aromatic N) is 2. The lowest BCUT2D eigenvalue weighted by atomic mass is 9.99. The van der Waals surface area contributed by atoms with Crippen LogP contribution in [0.5, 0.6) is 11.5 Å². The van der Waals surface area contributed by atoms with Crippen molar-refractivity contribution in [1.82, 2.24) is 15.5 Å². The van der Waals surface area contributed by atoms with Gasteiger partial charge in [-0.05, 0) is 37.0 Å². The fraction of sp³-hybridized carbons (Fsp3) is 0.318. The second-order valence-corrected chi connectivity index (χ2v) is 7.34. The first-order valence-corrected chi connectivity index (χ1v) is 9.72. The number of anilines is 1. The minimum atomic E-state index is 0.0417. The molecular formula is C22H26N4O2. The van der Waals surface area contributed by atoms with Crippen molar-refractivity contribution >= 4 is 5.69 Å². The summed E-state index contributed by atoms with van der Waals surface area (Å²) in [6.45, 7) is 5.71. The van der Waals surface area contributed by atoms with Crippen LogP contribution in [0.25, 0.3) is 11.3 Å². The van der Waals surface area contributed by atoms with Crippen molar-refractivity contribution in [2.24, 2.45) is 0 Å². The van der Waals surface area contributed by atoms with Crippen LogP contribution in [-0.4, -0.2) is 46.6 Å². The Kier molecular flexibility index (Phi) is 5.21. The van der Waals surface area contributed by atoms with E-state index in [0.717, 1.165) is 49.5 Å². The van der Waals surface area contributed by atoms with Gasteiger partial charge in [-0.25, -0.2) is 0 Å². The number of phenolic OH excluding ortho intramolecular Hbond substituents is 2. The van der Waals surface area contributed by atoms with Gasteiger partial charge in [-0.3, -0.25) is 5.10 Å². The molecule has 0 amide bonds. The van der Waals surface area contributed by atoms with Gasteiger partial charge in [-0.15, -0.1) is 0 Å². The van der Waals surface area contributed by atoms with E-state index >= 15 is 0 Å². The molecule has 0 saturated carbocycles. The van der Waals surface area contributed by atoms with Crippen molar-refractivity contribution in [2.45, 2.75) is 19.8 Å². The van der Waals surface area contributed by atoms with E-state index in [1.165, 1.54) is 17.2 Å². The van der Waals surface area contributed by atoms with Crippen LogP contribution in [0.3, 0.4) is 0 Å². The molecule has 1 saturated heterocycles. The van der Waals surface area contributed by atoms with Gasteiger partial charge in [-0.2, -0.15) is 5.10 Å². The lowest BCUT2D eigenvalue weighted by molar-refractivity contribution is 0.447. The van der Waals surface area contributed by atoms with Crippen molar-refractivity contribution in [3.8, 4) is 22.8 Å². The molecule has 4 N–H and O–H groups in total. The zero-order valence-corrected chi connectivity index (χ0v) is 16.1. The van der Waals surface area contributed by atoms with Crippen molar-refractivity contribution in [3.05, 3.63) is 59.3 Å². The van der Waals surface area contributed by atoms with Crippen LogP contribution in [0, 0.1) is 6.92 Å². The van der Waals surface area contributed by atoms with Gasteiger partial charge in [0, 0.05) is 44.0 Å². The van der Waals surface area contributed by atoms with Gasteiger partial charge in [0.15, 0.2) is 0 Å². The predicted octanol–water partition coefficient (Wildman–Crippen LogP) is 2.99. The van der Waals surface area contributed by atoms with Gasteiger partial charge < -0.3 is 20.4 Å². The molecule has 6 heteroatoms. The van der Waals surface area contributed by atoms with Gasteiger partial charge in [0.05, 0.1) is 5.69 Å². The molecule has 2 aromatic carbocycles. The monoisotopic (exact) mass is 378 g/mol. The summed E-state index contributed by atoms with van der Waals surface area (Å²) in [5, 5.41) is 31.5. The second kappa shape index (κ2) is 7.94. The highest BCUT2D eigenvalue weighted by Crippen LogP contribution is 2.38. The number of aryl methyl sites for hydroxylation is 3. The third kappa shape index (κ3) is 3.82. The largest absolute Gasteiger partial charge is 0.508 e. The molecule has 0 bridgehead atoms. The maximum Gasteiger partial charge on any atom is 0.128 e. The highest BCUT2D eigenvalue weighted by molar-refractivity contribution is 5.80. The summed E-state index contributed by atoms with van der Waals surface area (Å²) in [6, 6.07) is 11.7. The number of aromatic hydroxyl groups is 2. The van der Waals surface area contributed by atoms with Gasteiger partial charge in [0.1, 0.15) is 17.2 Å². The molecule has 1 aliphatic heterocycles. The normalized spacial score (nSPS) is 14.4. The molecule has 0 spiro atoms. The minimum Gasteiger partial charge on any atom is -0.508 e. The van der Waals surface area contributed by atoms with Gasteiger partial charge in [0.2, 0.25) is 0 Å². The van der Waals surface area contributed by atoms with Crippen LogP contribution in [0.2, 0.25) is 0 Å². The molecule has 0 radical (unpaired) electrons. The first-order valence-electron chi connectivity index (χ1n) is 9.72. The van der Waals surface area contributed by atoms with Gasteiger partial charge in [0.25, 0.3) is 0 Å². The van der Waals surface area contributed by atoms with Crippen LogP contribution in [0.4, 0.5) is 5.69 Å². The molecular weight excluding hydrogens is 352 g/mol. The summed E-state index contributed by atoms with van der Waals surface area (Å²) in [6.07, 6.45) is 3.39. The summed E-state index contributed by atoms with van der Waals surface area (Å²) in [4.78, 5) is 2.26. The summed E-state index contributed by atoms with van der Waals surface area (Å²) in [5.41, 5.74) is 5.61. The SMILES string of the molecule is Cc1ccc(CCc2cc(-c3n[nH]cc3N3CCNCC3)c(O)cc2O)cc1. The molecule has 28 heavy (non-hydrogen) atoms. The highest BCUT2D eigenvalue weighted by Gasteiger charge is 2.20. The lowest BCUT2D eigenvalue weighted by Gasteiger charge is -2.29. The number of phenols is 2. The van der Waals surface area contributed by atoms with E-state index in [1.807, 2.05) is 12.3 Å². The number of hydrogen-bond acceptors (Lipinski definition) is 5. The number of nitrogens with one attached hydrogen (secondary N) is 2. The smallest absolute Gasteiger partial charge is 0.128 e. The quantitative estimate of drug-likeness (QED) is 0.549. The van der Waals surface area contributed by atoms with Crippen LogP contribution < -0.4 is 10.2 Å². The topological polar surface area (TPSA) is 84.4 Å². The Labute approximate surface area is 164 Å². The van der Waals surface area contributed by atoms with E-state index < -0.39 is 0 Å². The number of aromatic nitrogens is 2. The van der Waals surface area contributed by atoms with E-state index in [0.29, 0.717) is 12.0 Å². The predicted molar refractivity (Wildman–Crippen MR) is 111 cm³/mol. The third-order valence-corrected chi connectivity index (χ3v) is 5.33. The van der Waals surface area contributed by atoms with E-state index in [1.54, 1.807) is 0 Å². The average Bonchev–Trinajstić information content (AvgIpc) is 3.19. The highest BCUT2D eigenvalue weighted by atomic mass is 16.3. The Morgan fingerprint density at radius 2 is 1.75 bits per heavy atom. The summed E-state index contributed by atoms with van der Waals surface area (Å²) < 4.78 is 0. The zero-order chi connectivity index (χ0) is 19.5. The van der Waals surface area contributed by atoms with E-state index in [-0.39, 0.29) is 11.5 Å². The molecule has 0 aliphatic carbocycles. The number of benzene rings is 2. The molecule has 1 fully saturated rings. The maximum atomic E-state index is 10.5. The van der Waals surface area contributed by atoms with Crippen molar-refractivity contribution in [1.29, 1.82) is 0 Å². The van der Waals surface area contributed by atoms with Crippen LogP contribution in [0.15, 0.2) is 42.6 Å². The van der Waals surface area contributed by atoms with Crippen LogP contribution >= 0.6 is 0 Å². The first kappa shape index (κ1) is 18.4. The second-order valence-electron chi connectivity index (χ2n) is 7.34. The fourth-order valence-corrected chi connectivity index (χ4v) is 3.67. The molecule has 3 aromatic rings. The molecule has 0 unspecified atom stereocenters. The lowest BCUT2D eigenvalue weighted by Crippen LogP contribution is -2.43. The number of piperazine rings is 1. The maximum absolute atomic E-state index is 10.5. The first-order chi connectivity index (χ1) is 13.6. The molecule has 146 valence electrons. The molecule has 2 heterocycles. The third-order valence-electron chi connectivity index (χ3n) is 5.33. The van der Waals surface area contributed by atoms with Gasteiger partial charge in [-0.1, -0.05) is 29.8 Å². The number of aromatic amines is 1. The minimum absolute atomic E-state index is 0.0417. The molecule has 6 nitrogen and oxygen atoms in total.